The van der Waals surface area contributed by atoms with E-state index in [0.29, 0.717) is 16.6 Å². The highest BCUT2D eigenvalue weighted by atomic mass is 35.5. The summed E-state index contributed by atoms with van der Waals surface area (Å²) in [7, 11) is 0. The quantitative estimate of drug-likeness (QED) is 0.894. The van der Waals surface area contributed by atoms with Crippen molar-refractivity contribution < 1.29 is 0 Å². The lowest BCUT2D eigenvalue weighted by atomic mass is 10.1. The van der Waals surface area contributed by atoms with Crippen LogP contribution in [0, 0.1) is 18.3 Å². The van der Waals surface area contributed by atoms with E-state index in [-0.39, 0.29) is 0 Å². The Morgan fingerprint density at radius 3 is 2.75 bits per heavy atom. The second-order valence-corrected chi connectivity index (χ2v) is 6.70. The number of hydrogen-bond donors (Lipinski definition) is 1. The fourth-order valence-corrected chi connectivity index (χ4v) is 3.28. The summed E-state index contributed by atoms with van der Waals surface area (Å²) in [6.45, 7) is 5.02. The number of nitrogens with zero attached hydrogens (tertiary/aromatic N) is 1. The van der Waals surface area contributed by atoms with Crippen LogP contribution in [0.2, 0.25) is 5.02 Å². The van der Waals surface area contributed by atoms with Crippen LogP contribution in [0.3, 0.4) is 0 Å². The Labute approximate surface area is 129 Å². The van der Waals surface area contributed by atoms with Crippen LogP contribution in [0.15, 0.2) is 30.3 Å². The maximum Gasteiger partial charge on any atom is 0.0992 e. The van der Waals surface area contributed by atoms with Gasteiger partial charge >= 0.3 is 0 Å². The molecule has 0 aliphatic rings. The van der Waals surface area contributed by atoms with Crippen molar-refractivity contribution in [2.24, 2.45) is 0 Å². The number of nitrogens with one attached hydrogen (secondary N) is 1. The van der Waals surface area contributed by atoms with E-state index in [2.05, 4.69) is 37.4 Å². The Bertz CT molecular complexity index is 628. The minimum atomic E-state index is 0.389. The van der Waals surface area contributed by atoms with Crippen LogP contribution >= 0.6 is 22.9 Å². The first-order valence-electron chi connectivity index (χ1n) is 6.55. The van der Waals surface area contributed by atoms with Crippen LogP contribution in [-0.2, 0) is 13.0 Å². The van der Waals surface area contributed by atoms with Gasteiger partial charge in [0, 0.05) is 27.4 Å². The number of aryl methyl sites for hydroxylation is 1. The fourth-order valence-electron chi connectivity index (χ4n) is 2.01. The van der Waals surface area contributed by atoms with E-state index in [1.165, 1.54) is 9.75 Å². The van der Waals surface area contributed by atoms with E-state index in [1.54, 1.807) is 12.1 Å². The molecule has 1 heterocycles. The van der Waals surface area contributed by atoms with Gasteiger partial charge in [0.15, 0.2) is 0 Å². The van der Waals surface area contributed by atoms with Gasteiger partial charge < -0.3 is 5.32 Å². The number of halogens is 1. The van der Waals surface area contributed by atoms with Gasteiger partial charge in [-0.15, -0.1) is 11.3 Å². The summed E-state index contributed by atoms with van der Waals surface area (Å²) in [5.74, 6) is 0. The Morgan fingerprint density at radius 1 is 1.35 bits per heavy atom. The second kappa shape index (κ2) is 6.90. The molecule has 0 saturated heterocycles. The van der Waals surface area contributed by atoms with Crippen molar-refractivity contribution in [2.75, 3.05) is 0 Å². The molecule has 104 valence electrons. The molecule has 0 bridgehead atoms. The summed E-state index contributed by atoms with van der Waals surface area (Å²) in [6.07, 6.45) is 1.02. The van der Waals surface area contributed by atoms with Gasteiger partial charge in [0.1, 0.15) is 0 Å². The normalized spacial score (nSPS) is 12.1. The fraction of sp³-hybridized carbons (Fsp3) is 0.312. The summed E-state index contributed by atoms with van der Waals surface area (Å²) >= 11 is 8.01. The summed E-state index contributed by atoms with van der Waals surface area (Å²) in [5.41, 5.74) is 1.63. The maximum atomic E-state index is 8.81. The molecule has 0 amide bonds. The lowest BCUT2D eigenvalue weighted by molar-refractivity contribution is 0.549. The van der Waals surface area contributed by atoms with E-state index >= 15 is 0 Å². The Balaban J connectivity index is 1.90. The van der Waals surface area contributed by atoms with E-state index in [0.717, 1.165) is 18.5 Å². The van der Waals surface area contributed by atoms with Gasteiger partial charge in [0.25, 0.3) is 0 Å². The largest absolute Gasteiger partial charge is 0.310 e. The Kier molecular flexibility index (Phi) is 5.19. The zero-order valence-corrected chi connectivity index (χ0v) is 13.2. The Morgan fingerprint density at radius 2 is 2.15 bits per heavy atom. The number of hydrogen-bond acceptors (Lipinski definition) is 3. The maximum absolute atomic E-state index is 8.81. The van der Waals surface area contributed by atoms with Crippen LogP contribution in [0.5, 0.6) is 0 Å². The molecule has 1 atom stereocenters. The van der Waals surface area contributed by atoms with Gasteiger partial charge in [0.2, 0.25) is 0 Å². The second-order valence-electron chi connectivity index (χ2n) is 4.92. The molecule has 0 aliphatic carbocycles. The molecule has 2 rings (SSSR count). The van der Waals surface area contributed by atoms with Crippen LogP contribution in [0.25, 0.3) is 0 Å². The van der Waals surface area contributed by atoms with Crippen molar-refractivity contribution in [3.05, 3.63) is 56.2 Å². The summed E-state index contributed by atoms with van der Waals surface area (Å²) in [6, 6.07) is 12.3. The number of thiophene rings is 1. The van der Waals surface area contributed by atoms with Crippen LogP contribution < -0.4 is 5.32 Å². The predicted molar refractivity (Wildman–Crippen MR) is 85.2 cm³/mol. The molecule has 2 nitrogen and oxygen atoms in total. The predicted octanol–water partition coefficient (Wildman–Crippen LogP) is 4.30. The van der Waals surface area contributed by atoms with E-state index in [1.807, 2.05) is 17.4 Å². The molecule has 1 aromatic carbocycles. The lowest BCUT2D eigenvalue weighted by Crippen LogP contribution is -2.27. The zero-order chi connectivity index (χ0) is 14.5. The minimum Gasteiger partial charge on any atom is -0.310 e. The van der Waals surface area contributed by atoms with E-state index in [9.17, 15) is 0 Å². The van der Waals surface area contributed by atoms with Gasteiger partial charge in [0.05, 0.1) is 11.6 Å². The average molecular weight is 305 g/mol. The summed E-state index contributed by atoms with van der Waals surface area (Å²) < 4.78 is 0. The van der Waals surface area contributed by atoms with Crippen LogP contribution in [0.1, 0.15) is 27.8 Å². The monoisotopic (exact) mass is 304 g/mol. The van der Waals surface area contributed by atoms with Crippen molar-refractivity contribution in [2.45, 2.75) is 32.9 Å². The van der Waals surface area contributed by atoms with Crippen molar-refractivity contribution in [3.8, 4) is 6.07 Å². The molecule has 1 aromatic heterocycles. The summed E-state index contributed by atoms with van der Waals surface area (Å²) in [5, 5.41) is 12.9. The van der Waals surface area contributed by atoms with Gasteiger partial charge in [-0.25, -0.2) is 0 Å². The van der Waals surface area contributed by atoms with Crippen LogP contribution in [0.4, 0.5) is 0 Å². The Hall–Kier alpha value is -1.34. The molecule has 0 fully saturated rings. The third kappa shape index (κ3) is 4.08. The molecule has 2 aromatic rings. The molecule has 0 aliphatic heterocycles. The highest BCUT2D eigenvalue weighted by Gasteiger charge is 2.07. The molecule has 1 N–H and O–H groups in total. The summed E-state index contributed by atoms with van der Waals surface area (Å²) in [4.78, 5) is 2.75. The van der Waals surface area contributed by atoms with Gasteiger partial charge in [-0.3, -0.25) is 0 Å². The smallest absolute Gasteiger partial charge is 0.0992 e. The van der Waals surface area contributed by atoms with Crippen molar-refractivity contribution >= 4 is 22.9 Å². The number of benzene rings is 1. The SMILES string of the molecule is Cc1ccc(CC(C)NCc2ccc(C#N)cc2Cl)s1. The van der Waals surface area contributed by atoms with Gasteiger partial charge in [-0.2, -0.15) is 5.26 Å². The zero-order valence-electron chi connectivity index (χ0n) is 11.6. The van der Waals surface area contributed by atoms with E-state index in [4.69, 9.17) is 16.9 Å². The lowest BCUT2D eigenvalue weighted by Gasteiger charge is -2.13. The first-order chi connectivity index (χ1) is 9.58. The third-order valence-corrected chi connectivity index (χ3v) is 4.50. The highest BCUT2D eigenvalue weighted by molar-refractivity contribution is 7.11. The molecular weight excluding hydrogens is 288 g/mol. The highest BCUT2D eigenvalue weighted by Crippen LogP contribution is 2.19. The van der Waals surface area contributed by atoms with Crippen molar-refractivity contribution in [3.63, 3.8) is 0 Å². The molecule has 1 unspecified atom stereocenters. The van der Waals surface area contributed by atoms with Crippen LogP contribution in [-0.4, -0.2) is 6.04 Å². The first-order valence-corrected chi connectivity index (χ1v) is 7.75. The molecule has 0 spiro atoms. The molecular formula is C16H17ClN2S. The van der Waals surface area contributed by atoms with Gasteiger partial charge in [-0.05, 0) is 50.1 Å². The topological polar surface area (TPSA) is 35.8 Å². The third-order valence-electron chi connectivity index (χ3n) is 3.13. The molecule has 0 saturated carbocycles. The first kappa shape index (κ1) is 15.1. The molecule has 4 heteroatoms. The molecule has 0 radical (unpaired) electrons. The van der Waals surface area contributed by atoms with Crippen molar-refractivity contribution in [1.82, 2.24) is 5.32 Å². The van der Waals surface area contributed by atoms with E-state index < -0.39 is 0 Å². The minimum absolute atomic E-state index is 0.389. The number of nitriles is 1. The van der Waals surface area contributed by atoms with Gasteiger partial charge in [-0.1, -0.05) is 17.7 Å². The van der Waals surface area contributed by atoms with Crippen molar-refractivity contribution in [1.29, 1.82) is 5.26 Å². The molecule has 20 heavy (non-hydrogen) atoms. The number of rotatable bonds is 5. The standard InChI is InChI=1S/C16H17ClN2S/c1-11(7-15-6-3-12(2)20-15)19-10-14-5-4-13(9-18)8-16(14)17/h3-6,8,11,19H,7,10H2,1-2H3. The average Bonchev–Trinajstić information content (AvgIpc) is 2.82.